The Balaban J connectivity index is 1.80. The van der Waals surface area contributed by atoms with Crippen LogP contribution in [0.15, 0.2) is 21.3 Å². The molecule has 0 bridgehead atoms. The van der Waals surface area contributed by atoms with Crippen LogP contribution < -0.4 is 15.7 Å². The summed E-state index contributed by atoms with van der Waals surface area (Å²) >= 11 is 0. The molecule has 1 amide bonds. The van der Waals surface area contributed by atoms with Gasteiger partial charge in [-0.2, -0.15) is 0 Å². The molecule has 0 saturated heterocycles. The number of unbranched alkanes of at least 4 members (excludes halogenated alkanes) is 1. The number of carboxylic acid groups (broad SMARTS) is 1. The average Bonchev–Trinajstić information content (AvgIpc) is 3.18. The van der Waals surface area contributed by atoms with Crippen molar-refractivity contribution in [2.75, 3.05) is 0 Å². The van der Waals surface area contributed by atoms with E-state index >= 15 is 0 Å². The molecule has 0 unspecified atom stereocenters. The summed E-state index contributed by atoms with van der Waals surface area (Å²) < 4.78 is 11.3. The lowest BCUT2D eigenvalue weighted by Gasteiger charge is -2.20. The van der Waals surface area contributed by atoms with Gasteiger partial charge in [0, 0.05) is 16.5 Å². The number of ether oxygens (including phenoxy) is 1. The highest BCUT2D eigenvalue weighted by atomic mass is 16.5. The summed E-state index contributed by atoms with van der Waals surface area (Å²) in [7, 11) is 0. The van der Waals surface area contributed by atoms with E-state index in [4.69, 9.17) is 9.15 Å². The Kier molecular flexibility index (Phi) is 6.25. The summed E-state index contributed by atoms with van der Waals surface area (Å²) in [6.07, 6.45) is 3.56. The molecular weight excluding hydrogens is 374 g/mol. The summed E-state index contributed by atoms with van der Waals surface area (Å²) in [5, 5.41) is 12.7. The summed E-state index contributed by atoms with van der Waals surface area (Å²) in [5.74, 6) is -1.12. The highest BCUT2D eigenvalue weighted by molar-refractivity contribution is 5.88. The van der Waals surface area contributed by atoms with Crippen LogP contribution in [0.4, 0.5) is 0 Å². The molecule has 0 aliphatic heterocycles. The lowest BCUT2D eigenvalue weighted by Crippen LogP contribution is -2.46. The number of carbonyl (C=O) groups excluding carboxylic acids is 1. The van der Waals surface area contributed by atoms with E-state index < -0.39 is 24.0 Å². The predicted octanol–water partition coefficient (Wildman–Crippen LogP) is 3.12. The SMILES string of the molecule is CCCC[C@@H](NC(=O)[C@H](C)Oc1ccc2c3c(c(=O)oc2c1C)CCC3)C(=O)O. The van der Waals surface area contributed by atoms with Crippen LogP contribution in [0.25, 0.3) is 11.0 Å². The molecule has 2 aromatic rings. The maximum Gasteiger partial charge on any atom is 0.339 e. The van der Waals surface area contributed by atoms with Gasteiger partial charge in [-0.1, -0.05) is 19.8 Å². The highest BCUT2D eigenvalue weighted by Gasteiger charge is 2.25. The molecule has 0 spiro atoms. The molecule has 2 atom stereocenters. The quantitative estimate of drug-likeness (QED) is 0.659. The van der Waals surface area contributed by atoms with Gasteiger partial charge in [-0.15, -0.1) is 0 Å². The van der Waals surface area contributed by atoms with E-state index in [1.165, 1.54) is 0 Å². The number of aliphatic carboxylic acids is 1. The van der Waals surface area contributed by atoms with Crippen LogP contribution in [-0.2, 0) is 22.4 Å². The number of nitrogens with one attached hydrogen (secondary N) is 1. The second-order valence-electron chi connectivity index (χ2n) is 7.57. The van der Waals surface area contributed by atoms with Gasteiger partial charge in [0.2, 0.25) is 0 Å². The van der Waals surface area contributed by atoms with Crippen molar-refractivity contribution in [1.82, 2.24) is 5.32 Å². The van der Waals surface area contributed by atoms with Gasteiger partial charge in [0.25, 0.3) is 5.91 Å². The number of carboxylic acids is 1. The van der Waals surface area contributed by atoms with Gasteiger partial charge in [0.15, 0.2) is 6.10 Å². The molecule has 7 heteroatoms. The Labute approximate surface area is 169 Å². The number of amides is 1. The van der Waals surface area contributed by atoms with Gasteiger partial charge < -0.3 is 19.6 Å². The normalized spacial score (nSPS) is 15.0. The van der Waals surface area contributed by atoms with Gasteiger partial charge in [-0.3, -0.25) is 4.79 Å². The Bertz CT molecular complexity index is 993. The third-order valence-electron chi connectivity index (χ3n) is 5.47. The molecule has 1 aromatic heterocycles. The van der Waals surface area contributed by atoms with Crippen molar-refractivity contribution in [2.24, 2.45) is 0 Å². The third-order valence-corrected chi connectivity index (χ3v) is 5.47. The van der Waals surface area contributed by atoms with Crippen molar-refractivity contribution in [1.29, 1.82) is 0 Å². The average molecular weight is 401 g/mol. The molecular formula is C22H27NO6. The minimum absolute atomic E-state index is 0.309. The van der Waals surface area contributed by atoms with Crippen LogP contribution in [-0.4, -0.2) is 29.1 Å². The summed E-state index contributed by atoms with van der Waals surface area (Å²) in [6.45, 7) is 5.31. The Morgan fingerprint density at radius 2 is 2.00 bits per heavy atom. The molecule has 3 rings (SSSR count). The largest absolute Gasteiger partial charge is 0.480 e. The summed E-state index contributed by atoms with van der Waals surface area (Å²) in [6, 6.07) is 2.69. The Morgan fingerprint density at radius 1 is 1.28 bits per heavy atom. The zero-order chi connectivity index (χ0) is 21.1. The van der Waals surface area contributed by atoms with E-state index in [0.29, 0.717) is 29.7 Å². The molecule has 0 radical (unpaired) electrons. The molecule has 7 nitrogen and oxygen atoms in total. The van der Waals surface area contributed by atoms with Gasteiger partial charge in [-0.05, 0) is 57.2 Å². The number of hydrogen-bond donors (Lipinski definition) is 2. The van der Waals surface area contributed by atoms with Crippen LogP contribution in [0, 0.1) is 6.92 Å². The predicted molar refractivity (Wildman–Crippen MR) is 108 cm³/mol. The molecule has 1 aromatic carbocycles. The van der Waals surface area contributed by atoms with Crippen molar-refractivity contribution >= 4 is 22.8 Å². The third kappa shape index (κ3) is 4.28. The number of carbonyl (C=O) groups is 2. The van der Waals surface area contributed by atoms with E-state index in [2.05, 4.69) is 5.32 Å². The van der Waals surface area contributed by atoms with E-state index in [9.17, 15) is 19.5 Å². The van der Waals surface area contributed by atoms with Crippen molar-refractivity contribution in [2.45, 2.75) is 71.4 Å². The van der Waals surface area contributed by atoms with Crippen molar-refractivity contribution in [3.8, 4) is 5.75 Å². The van der Waals surface area contributed by atoms with Crippen LogP contribution >= 0.6 is 0 Å². The molecule has 2 N–H and O–H groups in total. The first kappa shape index (κ1) is 20.9. The fraction of sp³-hybridized carbons (Fsp3) is 0.500. The first-order valence-corrected chi connectivity index (χ1v) is 10.1. The van der Waals surface area contributed by atoms with Gasteiger partial charge >= 0.3 is 11.6 Å². The van der Waals surface area contributed by atoms with Crippen LogP contribution in [0.3, 0.4) is 0 Å². The number of hydrogen-bond acceptors (Lipinski definition) is 5. The van der Waals surface area contributed by atoms with E-state index in [-0.39, 0.29) is 5.63 Å². The number of aryl methyl sites for hydroxylation is 2. The molecule has 1 aliphatic carbocycles. The lowest BCUT2D eigenvalue weighted by atomic mass is 10.0. The second kappa shape index (κ2) is 8.68. The first-order valence-electron chi connectivity index (χ1n) is 10.1. The Morgan fingerprint density at radius 3 is 2.69 bits per heavy atom. The fourth-order valence-corrected chi connectivity index (χ4v) is 3.79. The van der Waals surface area contributed by atoms with Crippen LogP contribution in [0.1, 0.15) is 56.2 Å². The maximum atomic E-state index is 12.4. The number of benzene rings is 1. The van der Waals surface area contributed by atoms with Gasteiger partial charge in [-0.25, -0.2) is 9.59 Å². The zero-order valence-corrected chi connectivity index (χ0v) is 17.0. The lowest BCUT2D eigenvalue weighted by molar-refractivity contribution is -0.143. The smallest absolute Gasteiger partial charge is 0.339 e. The van der Waals surface area contributed by atoms with E-state index in [0.717, 1.165) is 42.2 Å². The molecule has 29 heavy (non-hydrogen) atoms. The second-order valence-corrected chi connectivity index (χ2v) is 7.57. The standard InChI is InChI=1S/C22H27NO6/c1-4-5-9-17(21(25)26)23-20(24)13(3)28-18-11-10-15-14-7-6-8-16(14)22(27)29-19(15)12(18)2/h10-11,13,17H,4-9H2,1-3H3,(H,23,24)(H,25,26)/t13-,17+/m0/s1. The van der Waals surface area contributed by atoms with E-state index in [1.807, 2.05) is 13.0 Å². The van der Waals surface area contributed by atoms with Crippen molar-refractivity contribution in [3.63, 3.8) is 0 Å². The van der Waals surface area contributed by atoms with Gasteiger partial charge in [0.1, 0.15) is 17.4 Å². The maximum absolute atomic E-state index is 12.4. The zero-order valence-electron chi connectivity index (χ0n) is 17.0. The fourth-order valence-electron chi connectivity index (χ4n) is 3.79. The number of fused-ring (bicyclic) bond motifs is 3. The molecule has 156 valence electrons. The summed E-state index contributed by atoms with van der Waals surface area (Å²) in [5.41, 5.74) is 2.61. The molecule has 1 aliphatic rings. The number of rotatable bonds is 8. The van der Waals surface area contributed by atoms with Gasteiger partial charge in [0.05, 0.1) is 0 Å². The monoisotopic (exact) mass is 401 g/mol. The van der Waals surface area contributed by atoms with E-state index in [1.54, 1.807) is 19.9 Å². The molecule has 1 heterocycles. The minimum atomic E-state index is -1.06. The minimum Gasteiger partial charge on any atom is -0.480 e. The van der Waals surface area contributed by atoms with Crippen LogP contribution in [0.2, 0.25) is 0 Å². The first-order chi connectivity index (χ1) is 13.8. The van der Waals surface area contributed by atoms with Crippen molar-refractivity contribution < 1.29 is 23.8 Å². The Hall–Kier alpha value is -2.83. The summed E-state index contributed by atoms with van der Waals surface area (Å²) in [4.78, 5) is 36.0. The molecule has 0 fully saturated rings. The highest BCUT2D eigenvalue weighted by Crippen LogP contribution is 2.33. The van der Waals surface area contributed by atoms with Crippen molar-refractivity contribution in [3.05, 3.63) is 39.2 Å². The van der Waals surface area contributed by atoms with Crippen LogP contribution in [0.5, 0.6) is 5.75 Å². The molecule has 0 saturated carbocycles. The topological polar surface area (TPSA) is 106 Å².